The summed E-state index contributed by atoms with van der Waals surface area (Å²) >= 11 is 0. The lowest BCUT2D eigenvalue weighted by Crippen LogP contribution is -2.54. The highest BCUT2D eigenvalue weighted by Crippen LogP contribution is 2.33. The molecular weight excluding hydrogens is 456 g/mol. The quantitative estimate of drug-likeness (QED) is 0.653. The van der Waals surface area contributed by atoms with Gasteiger partial charge in [-0.2, -0.15) is 0 Å². The number of piperazine rings is 1. The number of Topliss-reactive ketones (excluding diaryl/α,β-unsaturated/α-hetero) is 1. The van der Waals surface area contributed by atoms with Crippen molar-refractivity contribution in [2.75, 3.05) is 44.2 Å². The molecule has 8 heteroatoms. The second-order valence-corrected chi connectivity index (χ2v) is 11.2. The zero-order valence-corrected chi connectivity index (χ0v) is 21.1. The maximum absolute atomic E-state index is 13.6. The van der Waals surface area contributed by atoms with Crippen molar-refractivity contribution in [1.29, 1.82) is 0 Å². The van der Waals surface area contributed by atoms with E-state index in [-0.39, 0.29) is 36.2 Å². The fourth-order valence-corrected chi connectivity index (χ4v) is 6.84. The normalized spacial score (nSPS) is 28.3. The summed E-state index contributed by atoms with van der Waals surface area (Å²) in [5.74, 6) is -0.246. The monoisotopic (exact) mass is 494 g/mol. The number of rotatable bonds is 6. The van der Waals surface area contributed by atoms with E-state index < -0.39 is 12.1 Å². The molecule has 0 aromatic heterocycles. The van der Waals surface area contributed by atoms with E-state index in [0.717, 1.165) is 63.6 Å². The van der Waals surface area contributed by atoms with Gasteiger partial charge in [-0.05, 0) is 62.3 Å². The third-order valence-corrected chi connectivity index (χ3v) is 9.22. The van der Waals surface area contributed by atoms with Crippen LogP contribution in [0.2, 0.25) is 0 Å². The molecule has 6 rings (SSSR count). The van der Waals surface area contributed by atoms with Gasteiger partial charge in [0.15, 0.2) is 5.78 Å². The topological polar surface area (TPSA) is 82.2 Å². The highest BCUT2D eigenvalue weighted by molar-refractivity contribution is 5.99. The van der Waals surface area contributed by atoms with E-state index in [1.807, 2.05) is 24.3 Å². The molecule has 3 aliphatic heterocycles. The van der Waals surface area contributed by atoms with Crippen molar-refractivity contribution < 1.29 is 19.1 Å². The Morgan fingerprint density at radius 1 is 0.889 bits per heavy atom. The lowest BCUT2D eigenvalue weighted by molar-refractivity contribution is -0.139. The predicted molar refractivity (Wildman–Crippen MR) is 136 cm³/mol. The van der Waals surface area contributed by atoms with E-state index in [1.54, 1.807) is 4.90 Å². The molecule has 0 spiro atoms. The fourth-order valence-electron chi connectivity index (χ4n) is 6.84. The number of amides is 2. The standard InChI is InChI=1S/C28H38N4O4/c33-23-18-36-24-12-13-32(26(23)24)28(35)25(19-4-1-2-5-19)29-27(34)20-8-10-22(11-9-20)31-16-14-30(15-17-31)21-6-3-7-21/h8-11,19,21,24-26H,1-7,12-18H2,(H,29,34)/t24-,25+,26-/m1/s1. The first-order valence-corrected chi connectivity index (χ1v) is 13.9. The molecule has 0 bridgehead atoms. The van der Waals surface area contributed by atoms with Crippen LogP contribution >= 0.6 is 0 Å². The van der Waals surface area contributed by atoms with Crippen LogP contribution in [0, 0.1) is 5.92 Å². The minimum absolute atomic E-state index is 0.0218. The van der Waals surface area contributed by atoms with Crippen LogP contribution in [-0.4, -0.2) is 91.0 Å². The Kier molecular flexibility index (Phi) is 6.73. The van der Waals surface area contributed by atoms with Crippen molar-refractivity contribution in [3.63, 3.8) is 0 Å². The highest BCUT2D eigenvalue weighted by atomic mass is 16.5. The average molecular weight is 495 g/mol. The highest BCUT2D eigenvalue weighted by Gasteiger charge is 2.49. The van der Waals surface area contributed by atoms with Crippen molar-refractivity contribution in [3.05, 3.63) is 29.8 Å². The van der Waals surface area contributed by atoms with E-state index in [2.05, 4.69) is 15.1 Å². The summed E-state index contributed by atoms with van der Waals surface area (Å²) in [7, 11) is 0. The van der Waals surface area contributed by atoms with Crippen LogP contribution in [0.5, 0.6) is 0 Å². The zero-order valence-electron chi connectivity index (χ0n) is 21.1. The molecule has 194 valence electrons. The van der Waals surface area contributed by atoms with Gasteiger partial charge in [0.2, 0.25) is 5.91 Å². The Morgan fingerprint density at radius 3 is 2.28 bits per heavy atom. The van der Waals surface area contributed by atoms with E-state index in [0.29, 0.717) is 18.5 Å². The van der Waals surface area contributed by atoms with Gasteiger partial charge in [-0.3, -0.25) is 19.3 Å². The summed E-state index contributed by atoms with van der Waals surface area (Å²) < 4.78 is 5.58. The molecule has 2 aliphatic carbocycles. The summed E-state index contributed by atoms with van der Waals surface area (Å²) in [6.07, 6.45) is 8.54. The number of carbonyl (C=O) groups is 3. The molecule has 2 amide bonds. The first kappa shape index (κ1) is 23.9. The van der Waals surface area contributed by atoms with Crippen molar-refractivity contribution >= 4 is 23.3 Å². The summed E-state index contributed by atoms with van der Waals surface area (Å²) in [4.78, 5) is 46.0. The fraction of sp³-hybridized carbons (Fsp3) is 0.679. The molecule has 0 radical (unpaired) electrons. The third kappa shape index (κ3) is 4.54. The Morgan fingerprint density at radius 2 is 1.61 bits per heavy atom. The predicted octanol–water partition coefficient (Wildman–Crippen LogP) is 2.22. The molecule has 2 saturated carbocycles. The molecule has 3 saturated heterocycles. The lowest BCUT2D eigenvalue weighted by atomic mass is 9.91. The maximum atomic E-state index is 13.6. The van der Waals surface area contributed by atoms with Crippen molar-refractivity contribution in [1.82, 2.24) is 15.1 Å². The number of ketones is 1. The largest absolute Gasteiger partial charge is 0.369 e. The number of ether oxygens (including phenoxy) is 1. The minimum atomic E-state index is -0.591. The second kappa shape index (κ2) is 10.1. The molecule has 8 nitrogen and oxygen atoms in total. The Labute approximate surface area is 213 Å². The number of nitrogens with zero attached hydrogens (tertiary/aromatic N) is 3. The number of anilines is 1. The molecule has 5 fully saturated rings. The molecule has 1 aromatic rings. The minimum Gasteiger partial charge on any atom is -0.369 e. The molecular formula is C28H38N4O4. The summed E-state index contributed by atoms with van der Waals surface area (Å²) in [5, 5.41) is 3.07. The molecule has 3 heterocycles. The number of fused-ring (bicyclic) bond motifs is 1. The zero-order chi connectivity index (χ0) is 24.6. The van der Waals surface area contributed by atoms with Crippen molar-refractivity contribution in [2.45, 2.75) is 75.6 Å². The van der Waals surface area contributed by atoms with E-state index in [9.17, 15) is 14.4 Å². The first-order chi connectivity index (χ1) is 17.6. The molecule has 3 atom stereocenters. The number of likely N-dealkylation sites (tertiary alicyclic amines) is 1. The van der Waals surface area contributed by atoms with Crippen molar-refractivity contribution in [3.8, 4) is 0 Å². The van der Waals surface area contributed by atoms with E-state index in [4.69, 9.17) is 4.74 Å². The van der Waals surface area contributed by atoms with Gasteiger partial charge in [0, 0.05) is 50.0 Å². The van der Waals surface area contributed by atoms with Crippen LogP contribution in [0.1, 0.15) is 61.7 Å². The van der Waals surface area contributed by atoms with Gasteiger partial charge in [0.25, 0.3) is 5.91 Å². The second-order valence-electron chi connectivity index (χ2n) is 11.2. The number of nitrogens with one attached hydrogen (secondary N) is 1. The van der Waals surface area contributed by atoms with Gasteiger partial charge < -0.3 is 19.9 Å². The van der Waals surface area contributed by atoms with Crippen LogP contribution in [0.15, 0.2) is 24.3 Å². The number of benzene rings is 1. The van der Waals surface area contributed by atoms with Gasteiger partial charge in [-0.15, -0.1) is 0 Å². The van der Waals surface area contributed by atoms with Crippen LogP contribution in [0.4, 0.5) is 5.69 Å². The summed E-state index contributed by atoms with van der Waals surface area (Å²) in [6, 6.07) is 7.52. The van der Waals surface area contributed by atoms with Gasteiger partial charge >= 0.3 is 0 Å². The lowest BCUT2D eigenvalue weighted by Gasteiger charge is -2.43. The van der Waals surface area contributed by atoms with Crippen molar-refractivity contribution in [2.24, 2.45) is 5.92 Å². The molecule has 36 heavy (non-hydrogen) atoms. The summed E-state index contributed by atoms with van der Waals surface area (Å²) in [5.41, 5.74) is 1.72. The van der Waals surface area contributed by atoms with Crippen LogP contribution in [0.25, 0.3) is 0 Å². The Bertz CT molecular complexity index is 980. The van der Waals surface area contributed by atoms with Crippen LogP contribution in [-0.2, 0) is 14.3 Å². The smallest absolute Gasteiger partial charge is 0.251 e. The number of hydrogen-bond acceptors (Lipinski definition) is 6. The van der Waals surface area contributed by atoms with Gasteiger partial charge in [0.1, 0.15) is 18.7 Å². The van der Waals surface area contributed by atoms with E-state index in [1.165, 1.54) is 19.3 Å². The molecule has 0 unspecified atom stereocenters. The number of hydrogen-bond donors (Lipinski definition) is 1. The first-order valence-electron chi connectivity index (χ1n) is 13.9. The van der Waals surface area contributed by atoms with E-state index >= 15 is 0 Å². The molecule has 1 aromatic carbocycles. The van der Waals surface area contributed by atoms with Gasteiger partial charge in [0.05, 0.1) is 6.10 Å². The summed E-state index contributed by atoms with van der Waals surface area (Å²) in [6.45, 7) is 4.83. The van der Waals surface area contributed by atoms with Gasteiger partial charge in [-0.1, -0.05) is 19.3 Å². The van der Waals surface area contributed by atoms with Gasteiger partial charge in [-0.25, -0.2) is 0 Å². The Hall–Kier alpha value is -2.45. The molecule has 1 N–H and O–H groups in total. The number of carbonyl (C=O) groups excluding carboxylic acids is 3. The maximum Gasteiger partial charge on any atom is 0.251 e. The van der Waals surface area contributed by atoms with Crippen LogP contribution < -0.4 is 10.2 Å². The SMILES string of the molecule is O=C(N[C@H](C(=O)N1CC[C@H]2OCC(=O)[C@H]21)C1CCCC1)c1ccc(N2CCN(C3CCC3)CC2)cc1. The Balaban J connectivity index is 1.11. The third-order valence-electron chi connectivity index (χ3n) is 9.22. The van der Waals surface area contributed by atoms with Crippen LogP contribution in [0.3, 0.4) is 0 Å². The molecule has 5 aliphatic rings. The average Bonchev–Trinajstić information content (AvgIpc) is 3.62.